The lowest BCUT2D eigenvalue weighted by Crippen LogP contribution is -2.26. The van der Waals surface area contributed by atoms with Gasteiger partial charge in [-0.3, -0.25) is 0 Å². The first-order chi connectivity index (χ1) is 10.5. The Labute approximate surface area is 142 Å². The topological polar surface area (TPSA) is 55.4 Å². The number of benzene rings is 1. The Bertz CT molecular complexity index is 586. The van der Waals surface area contributed by atoms with E-state index in [9.17, 15) is 8.42 Å². The molecule has 1 aliphatic carbocycles. The quantitative estimate of drug-likeness (QED) is 0.742. The van der Waals surface area contributed by atoms with Gasteiger partial charge in [0.25, 0.3) is 0 Å². The molecule has 2 rings (SSSR count). The Balaban J connectivity index is 1.76. The summed E-state index contributed by atoms with van der Waals surface area (Å²) >= 11 is 11.8. The lowest BCUT2D eigenvalue weighted by atomic mass is 9.98. The van der Waals surface area contributed by atoms with E-state index in [1.165, 1.54) is 25.3 Å². The van der Waals surface area contributed by atoms with Crippen LogP contribution < -0.4 is 4.72 Å². The molecule has 0 saturated heterocycles. The number of rotatable bonds is 7. The van der Waals surface area contributed by atoms with Gasteiger partial charge in [-0.05, 0) is 31.4 Å². The highest BCUT2D eigenvalue weighted by molar-refractivity contribution is 7.89. The summed E-state index contributed by atoms with van der Waals surface area (Å²) in [5, 5.41) is 0.278. The molecule has 1 aromatic rings. The third-order valence-corrected chi connectivity index (χ3v) is 6.16. The fourth-order valence-corrected chi connectivity index (χ4v) is 4.36. The van der Waals surface area contributed by atoms with Crippen molar-refractivity contribution in [2.75, 3.05) is 13.2 Å². The predicted octanol–water partition coefficient (Wildman–Crippen LogP) is 4.01. The van der Waals surface area contributed by atoms with E-state index in [0.717, 1.165) is 12.8 Å². The lowest BCUT2D eigenvalue weighted by molar-refractivity contribution is 0.0278. The number of sulfonamides is 1. The fourth-order valence-electron chi connectivity index (χ4n) is 2.53. The van der Waals surface area contributed by atoms with Crippen LogP contribution in [0.5, 0.6) is 0 Å². The van der Waals surface area contributed by atoms with Crippen LogP contribution in [0.1, 0.15) is 38.5 Å². The largest absolute Gasteiger partial charge is 0.378 e. The average molecular weight is 366 g/mol. The van der Waals surface area contributed by atoms with E-state index in [2.05, 4.69) is 4.72 Å². The summed E-state index contributed by atoms with van der Waals surface area (Å²) in [6, 6.07) is 4.56. The highest BCUT2D eigenvalue weighted by Crippen LogP contribution is 2.28. The number of halogens is 2. The smallest absolute Gasteiger partial charge is 0.242 e. The molecule has 22 heavy (non-hydrogen) atoms. The maximum Gasteiger partial charge on any atom is 0.242 e. The highest BCUT2D eigenvalue weighted by atomic mass is 35.5. The maximum atomic E-state index is 12.2. The molecule has 4 nitrogen and oxygen atoms in total. The first-order valence-corrected chi connectivity index (χ1v) is 9.80. The number of nitrogens with one attached hydrogen (secondary N) is 1. The SMILES string of the molecule is O=S(=O)(NCCCOC1CCCCC1)c1cccc(Cl)c1Cl. The molecule has 0 spiro atoms. The van der Waals surface area contributed by atoms with Gasteiger partial charge in [0.1, 0.15) is 4.90 Å². The summed E-state index contributed by atoms with van der Waals surface area (Å²) in [4.78, 5) is 0.00913. The Morgan fingerprint density at radius 1 is 1.18 bits per heavy atom. The van der Waals surface area contributed by atoms with Crippen LogP contribution in [0, 0.1) is 0 Å². The molecule has 0 bridgehead atoms. The van der Waals surface area contributed by atoms with Crippen molar-refractivity contribution in [3.05, 3.63) is 28.2 Å². The zero-order valence-corrected chi connectivity index (χ0v) is 14.7. The van der Waals surface area contributed by atoms with Gasteiger partial charge in [-0.15, -0.1) is 0 Å². The molecule has 1 N–H and O–H groups in total. The minimum Gasteiger partial charge on any atom is -0.378 e. The molecule has 0 heterocycles. The van der Waals surface area contributed by atoms with Gasteiger partial charge in [0.05, 0.1) is 16.1 Å². The molecule has 7 heteroatoms. The van der Waals surface area contributed by atoms with Crippen molar-refractivity contribution in [1.82, 2.24) is 4.72 Å². The lowest BCUT2D eigenvalue weighted by Gasteiger charge is -2.21. The zero-order chi connectivity index (χ0) is 16.0. The van der Waals surface area contributed by atoms with Gasteiger partial charge >= 0.3 is 0 Å². The van der Waals surface area contributed by atoms with E-state index in [1.807, 2.05) is 0 Å². The monoisotopic (exact) mass is 365 g/mol. The van der Waals surface area contributed by atoms with Crippen molar-refractivity contribution in [2.45, 2.75) is 49.5 Å². The minimum atomic E-state index is -3.64. The second-order valence-corrected chi connectivity index (χ2v) is 7.95. The molecule has 0 atom stereocenters. The van der Waals surface area contributed by atoms with E-state index in [0.29, 0.717) is 25.7 Å². The van der Waals surface area contributed by atoms with Crippen molar-refractivity contribution in [1.29, 1.82) is 0 Å². The van der Waals surface area contributed by atoms with E-state index in [1.54, 1.807) is 12.1 Å². The van der Waals surface area contributed by atoms with E-state index in [4.69, 9.17) is 27.9 Å². The van der Waals surface area contributed by atoms with Gasteiger partial charge in [-0.2, -0.15) is 0 Å². The van der Waals surface area contributed by atoms with Crippen molar-refractivity contribution in [3.8, 4) is 0 Å². The molecule has 0 aliphatic heterocycles. The number of ether oxygens (including phenoxy) is 1. The Morgan fingerprint density at radius 3 is 2.64 bits per heavy atom. The third kappa shape index (κ3) is 5.10. The normalized spacial score (nSPS) is 16.8. The minimum absolute atomic E-state index is 0.00913. The van der Waals surface area contributed by atoms with Gasteiger partial charge < -0.3 is 4.74 Å². The van der Waals surface area contributed by atoms with Gasteiger partial charge in [-0.1, -0.05) is 48.5 Å². The molecule has 1 aromatic carbocycles. The molecular weight excluding hydrogens is 345 g/mol. The first-order valence-electron chi connectivity index (χ1n) is 7.56. The van der Waals surface area contributed by atoms with Crippen molar-refractivity contribution in [2.24, 2.45) is 0 Å². The van der Waals surface area contributed by atoms with E-state index in [-0.39, 0.29) is 14.9 Å². The van der Waals surface area contributed by atoms with Crippen LogP contribution in [-0.4, -0.2) is 27.7 Å². The Hall–Kier alpha value is -0.330. The molecule has 1 aliphatic rings. The van der Waals surface area contributed by atoms with Crippen LogP contribution in [0.4, 0.5) is 0 Å². The van der Waals surface area contributed by atoms with Crippen LogP contribution in [-0.2, 0) is 14.8 Å². The second-order valence-electron chi connectivity index (χ2n) is 5.43. The summed E-state index contributed by atoms with van der Waals surface area (Å²) in [5.74, 6) is 0. The Morgan fingerprint density at radius 2 is 1.91 bits per heavy atom. The molecule has 0 radical (unpaired) electrons. The van der Waals surface area contributed by atoms with Crippen LogP contribution in [0.2, 0.25) is 10.0 Å². The first kappa shape index (κ1) is 18.0. The third-order valence-electron chi connectivity index (χ3n) is 3.72. The van der Waals surface area contributed by atoms with Crippen LogP contribution in [0.25, 0.3) is 0 Å². The maximum absolute atomic E-state index is 12.2. The Kier molecular flexibility index (Phi) is 6.96. The molecule has 1 fully saturated rings. The predicted molar refractivity (Wildman–Crippen MR) is 89.1 cm³/mol. The second kappa shape index (κ2) is 8.50. The molecule has 0 amide bonds. The number of hydrogen-bond donors (Lipinski definition) is 1. The molecule has 0 unspecified atom stereocenters. The average Bonchev–Trinajstić information content (AvgIpc) is 2.50. The van der Waals surface area contributed by atoms with Gasteiger partial charge in [0, 0.05) is 13.2 Å². The van der Waals surface area contributed by atoms with Crippen molar-refractivity contribution < 1.29 is 13.2 Å². The molecule has 124 valence electrons. The molecule has 0 aromatic heterocycles. The van der Waals surface area contributed by atoms with Gasteiger partial charge in [0.2, 0.25) is 10.0 Å². The molecule has 1 saturated carbocycles. The van der Waals surface area contributed by atoms with Crippen molar-refractivity contribution in [3.63, 3.8) is 0 Å². The summed E-state index contributed by atoms with van der Waals surface area (Å²) in [7, 11) is -3.64. The van der Waals surface area contributed by atoms with Crippen LogP contribution in [0.3, 0.4) is 0 Å². The van der Waals surface area contributed by atoms with Crippen LogP contribution >= 0.6 is 23.2 Å². The summed E-state index contributed by atoms with van der Waals surface area (Å²) in [6.45, 7) is 0.883. The van der Waals surface area contributed by atoms with Crippen LogP contribution in [0.15, 0.2) is 23.1 Å². The standard InChI is InChI=1S/C15H21Cl2NO3S/c16-13-8-4-9-14(15(13)17)22(19,20)18-10-5-11-21-12-6-2-1-3-7-12/h4,8-9,12,18H,1-3,5-7,10-11H2. The van der Waals surface area contributed by atoms with Gasteiger partial charge in [-0.25, -0.2) is 13.1 Å². The summed E-state index contributed by atoms with van der Waals surface area (Å²) < 4.78 is 32.6. The van der Waals surface area contributed by atoms with Crippen molar-refractivity contribution >= 4 is 33.2 Å². The fraction of sp³-hybridized carbons (Fsp3) is 0.600. The highest BCUT2D eigenvalue weighted by Gasteiger charge is 2.19. The summed E-state index contributed by atoms with van der Waals surface area (Å²) in [6.07, 6.45) is 6.95. The van der Waals surface area contributed by atoms with Gasteiger partial charge in [0.15, 0.2) is 0 Å². The zero-order valence-electron chi connectivity index (χ0n) is 12.4. The number of hydrogen-bond acceptors (Lipinski definition) is 3. The summed E-state index contributed by atoms with van der Waals surface area (Å²) in [5.41, 5.74) is 0. The van der Waals surface area contributed by atoms with E-state index < -0.39 is 10.0 Å². The molecular formula is C15H21Cl2NO3S. The van der Waals surface area contributed by atoms with E-state index >= 15 is 0 Å².